The van der Waals surface area contributed by atoms with Gasteiger partial charge in [0.15, 0.2) is 0 Å². The van der Waals surface area contributed by atoms with Gasteiger partial charge in [-0.1, -0.05) is 18.2 Å². The number of ether oxygens (including phenoxy) is 1. The Morgan fingerprint density at radius 2 is 1.78 bits per heavy atom. The van der Waals surface area contributed by atoms with Crippen LogP contribution in [-0.2, 0) is 0 Å². The fraction of sp³-hybridized carbons (Fsp3) is 0.200. The van der Waals surface area contributed by atoms with Crippen molar-refractivity contribution in [2.75, 3.05) is 7.11 Å². The summed E-state index contributed by atoms with van der Waals surface area (Å²) in [7, 11) is 1.62. The lowest BCUT2D eigenvalue weighted by atomic mass is 9.95. The molecule has 0 saturated carbocycles. The molecular weight excluding hydrogens is 229 g/mol. The first-order valence-corrected chi connectivity index (χ1v) is 5.77. The van der Waals surface area contributed by atoms with Gasteiger partial charge in [0.25, 0.3) is 0 Å². The molecule has 0 aliphatic rings. The molecule has 0 aliphatic heterocycles. The van der Waals surface area contributed by atoms with Gasteiger partial charge < -0.3 is 10.5 Å². The summed E-state index contributed by atoms with van der Waals surface area (Å²) in [5.74, 6) is 0.515. The maximum Gasteiger partial charge on any atom is 0.123 e. The Morgan fingerprint density at radius 1 is 1.11 bits per heavy atom. The van der Waals surface area contributed by atoms with E-state index in [9.17, 15) is 4.39 Å². The topological polar surface area (TPSA) is 35.2 Å². The van der Waals surface area contributed by atoms with E-state index in [4.69, 9.17) is 10.5 Å². The Balaban J connectivity index is 2.34. The van der Waals surface area contributed by atoms with Crippen LogP contribution in [0.15, 0.2) is 42.5 Å². The van der Waals surface area contributed by atoms with Crippen LogP contribution in [0.5, 0.6) is 5.75 Å². The Morgan fingerprint density at radius 3 is 2.39 bits per heavy atom. The van der Waals surface area contributed by atoms with Gasteiger partial charge in [-0.25, -0.2) is 4.39 Å². The molecule has 0 aromatic heterocycles. The summed E-state index contributed by atoms with van der Waals surface area (Å²) in [5, 5.41) is 0. The van der Waals surface area contributed by atoms with Gasteiger partial charge >= 0.3 is 0 Å². The number of halogens is 1. The molecule has 0 radical (unpaired) electrons. The fourth-order valence-corrected chi connectivity index (χ4v) is 1.94. The molecule has 2 aromatic rings. The molecule has 94 valence electrons. The summed E-state index contributed by atoms with van der Waals surface area (Å²) < 4.78 is 18.4. The minimum atomic E-state index is -0.327. The molecule has 2 aromatic carbocycles. The van der Waals surface area contributed by atoms with Gasteiger partial charge in [0, 0.05) is 0 Å². The quantitative estimate of drug-likeness (QED) is 0.901. The Kier molecular flexibility index (Phi) is 3.63. The van der Waals surface area contributed by atoms with Crippen LogP contribution < -0.4 is 10.5 Å². The monoisotopic (exact) mass is 245 g/mol. The molecule has 0 heterocycles. The van der Waals surface area contributed by atoms with Crippen molar-refractivity contribution in [3.8, 4) is 5.75 Å². The number of hydrogen-bond donors (Lipinski definition) is 1. The third-order valence-corrected chi connectivity index (χ3v) is 3.05. The summed E-state index contributed by atoms with van der Waals surface area (Å²) in [6.07, 6.45) is 0. The van der Waals surface area contributed by atoms with Crippen molar-refractivity contribution in [1.29, 1.82) is 0 Å². The molecule has 0 amide bonds. The van der Waals surface area contributed by atoms with E-state index in [1.807, 2.05) is 31.2 Å². The van der Waals surface area contributed by atoms with Gasteiger partial charge in [-0.15, -0.1) is 0 Å². The van der Waals surface area contributed by atoms with E-state index in [0.29, 0.717) is 0 Å². The predicted octanol–water partition coefficient (Wildman–Crippen LogP) is 3.19. The Hall–Kier alpha value is -1.87. The molecular formula is C15H16FNO. The average molecular weight is 245 g/mol. The summed E-state index contributed by atoms with van der Waals surface area (Å²) in [6, 6.07) is 11.8. The standard InChI is InChI=1S/C15H16FNO/c1-10-3-6-12(16)9-14(10)15(17)11-4-7-13(18-2)8-5-11/h3-9,15H,17H2,1-2H3. The predicted molar refractivity (Wildman–Crippen MR) is 70.2 cm³/mol. The lowest BCUT2D eigenvalue weighted by Gasteiger charge is -2.15. The van der Waals surface area contributed by atoms with Crippen molar-refractivity contribution in [2.45, 2.75) is 13.0 Å². The number of aryl methyl sites for hydroxylation is 1. The van der Waals surface area contributed by atoms with Crippen LogP contribution in [0.3, 0.4) is 0 Å². The summed E-state index contributed by atoms with van der Waals surface area (Å²) in [5.41, 5.74) is 8.90. The summed E-state index contributed by atoms with van der Waals surface area (Å²) in [4.78, 5) is 0. The van der Waals surface area contributed by atoms with Crippen molar-refractivity contribution in [3.63, 3.8) is 0 Å². The van der Waals surface area contributed by atoms with Crippen molar-refractivity contribution in [1.82, 2.24) is 0 Å². The highest BCUT2D eigenvalue weighted by molar-refractivity contribution is 5.38. The SMILES string of the molecule is COc1ccc(C(N)c2cc(F)ccc2C)cc1. The summed E-state index contributed by atoms with van der Waals surface area (Å²) >= 11 is 0. The number of hydrogen-bond acceptors (Lipinski definition) is 2. The molecule has 3 heteroatoms. The van der Waals surface area contributed by atoms with E-state index in [-0.39, 0.29) is 11.9 Å². The van der Waals surface area contributed by atoms with Gasteiger partial charge in [0.05, 0.1) is 13.2 Å². The number of benzene rings is 2. The normalized spacial score (nSPS) is 12.2. The zero-order valence-electron chi connectivity index (χ0n) is 10.5. The second kappa shape index (κ2) is 5.19. The van der Waals surface area contributed by atoms with Crippen LogP contribution >= 0.6 is 0 Å². The van der Waals surface area contributed by atoms with Crippen LogP contribution in [-0.4, -0.2) is 7.11 Å². The first-order valence-electron chi connectivity index (χ1n) is 5.77. The molecule has 1 unspecified atom stereocenters. The molecule has 2 rings (SSSR count). The van der Waals surface area contributed by atoms with E-state index in [1.165, 1.54) is 12.1 Å². The second-order valence-corrected chi connectivity index (χ2v) is 4.25. The molecule has 2 nitrogen and oxygen atoms in total. The molecule has 0 fully saturated rings. The molecule has 18 heavy (non-hydrogen) atoms. The summed E-state index contributed by atoms with van der Waals surface area (Å²) in [6.45, 7) is 1.93. The third kappa shape index (κ3) is 2.51. The number of methoxy groups -OCH3 is 1. The maximum absolute atomic E-state index is 13.3. The molecule has 0 aliphatic carbocycles. The Bertz CT molecular complexity index is 537. The van der Waals surface area contributed by atoms with Gasteiger partial charge in [-0.05, 0) is 47.9 Å². The van der Waals surface area contributed by atoms with Crippen LogP contribution in [0.2, 0.25) is 0 Å². The molecule has 2 N–H and O–H groups in total. The first kappa shape index (κ1) is 12.6. The van der Waals surface area contributed by atoms with Crippen molar-refractivity contribution < 1.29 is 9.13 Å². The van der Waals surface area contributed by atoms with E-state index in [1.54, 1.807) is 13.2 Å². The van der Waals surface area contributed by atoms with Crippen LogP contribution in [0.25, 0.3) is 0 Å². The average Bonchev–Trinajstić information content (AvgIpc) is 2.41. The third-order valence-electron chi connectivity index (χ3n) is 3.05. The molecule has 0 spiro atoms. The maximum atomic E-state index is 13.3. The largest absolute Gasteiger partial charge is 0.497 e. The zero-order valence-corrected chi connectivity index (χ0v) is 10.5. The second-order valence-electron chi connectivity index (χ2n) is 4.25. The zero-order chi connectivity index (χ0) is 13.1. The van der Waals surface area contributed by atoms with E-state index < -0.39 is 0 Å². The van der Waals surface area contributed by atoms with Gasteiger partial charge in [0.2, 0.25) is 0 Å². The van der Waals surface area contributed by atoms with Crippen LogP contribution in [0.1, 0.15) is 22.7 Å². The van der Waals surface area contributed by atoms with Crippen molar-refractivity contribution in [3.05, 3.63) is 65.0 Å². The fourth-order valence-electron chi connectivity index (χ4n) is 1.94. The van der Waals surface area contributed by atoms with E-state index in [2.05, 4.69) is 0 Å². The van der Waals surface area contributed by atoms with E-state index >= 15 is 0 Å². The van der Waals surface area contributed by atoms with Crippen LogP contribution in [0, 0.1) is 12.7 Å². The van der Waals surface area contributed by atoms with Crippen molar-refractivity contribution in [2.24, 2.45) is 5.73 Å². The lowest BCUT2D eigenvalue weighted by molar-refractivity contribution is 0.414. The minimum Gasteiger partial charge on any atom is -0.497 e. The highest BCUT2D eigenvalue weighted by atomic mass is 19.1. The minimum absolute atomic E-state index is 0.264. The first-order chi connectivity index (χ1) is 8.61. The van der Waals surface area contributed by atoms with Gasteiger partial charge in [-0.2, -0.15) is 0 Å². The van der Waals surface area contributed by atoms with E-state index in [0.717, 1.165) is 22.4 Å². The van der Waals surface area contributed by atoms with Crippen molar-refractivity contribution >= 4 is 0 Å². The highest BCUT2D eigenvalue weighted by Gasteiger charge is 2.12. The van der Waals surface area contributed by atoms with Gasteiger partial charge in [0.1, 0.15) is 11.6 Å². The molecule has 0 saturated heterocycles. The lowest BCUT2D eigenvalue weighted by Crippen LogP contribution is -2.13. The molecule has 0 bridgehead atoms. The molecule has 1 atom stereocenters. The smallest absolute Gasteiger partial charge is 0.123 e. The number of rotatable bonds is 3. The van der Waals surface area contributed by atoms with Gasteiger partial charge in [-0.3, -0.25) is 0 Å². The highest BCUT2D eigenvalue weighted by Crippen LogP contribution is 2.25. The number of nitrogens with two attached hydrogens (primary N) is 1. The Labute approximate surface area is 106 Å². The van der Waals surface area contributed by atoms with Crippen LogP contribution in [0.4, 0.5) is 4.39 Å².